The number of aromatic nitrogens is 6. The molecule has 4 aliphatic rings. The first-order chi connectivity index (χ1) is 37.3. The summed E-state index contributed by atoms with van der Waals surface area (Å²) in [5.74, 6) is 1.46. The highest BCUT2D eigenvalue weighted by atomic mass is 16.5. The SMILES string of the molecule is CC(C)C(C(=O)N1C[C@H](O)C[C@H]1C(=O)N[C@@H](C)c1ccc(-c2ccnn2C)cc1)c1cc(N2CCC(CN3CCC(O[C@H]4C[C@H](Oc5cc(NCCNc6cc(-c7ccccc7O)nnc6N)ccn5)C4)CC3)CC2)no1. The molecule has 2 aromatic carbocycles. The second kappa shape index (κ2) is 23.9. The average Bonchev–Trinajstić information content (AvgIpc) is 4.21. The molecule has 77 heavy (non-hydrogen) atoms. The summed E-state index contributed by atoms with van der Waals surface area (Å²) >= 11 is 0. The normalized spacial score (nSPS) is 21.2. The van der Waals surface area contributed by atoms with E-state index in [0.29, 0.717) is 47.6 Å². The number of para-hydroxylation sites is 1. The van der Waals surface area contributed by atoms with Crippen molar-refractivity contribution in [1.29, 1.82) is 0 Å². The molecule has 408 valence electrons. The van der Waals surface area contributed by atoms with Gasteiger partial charge in [0.15, 0.2) is 17.4 Å². The maximum atomic E-state index is 14.4. The van der Waals surface area contributed by atoms with Crippen molar-refractivity contribution in [3.63, 3.8) is 0 Å². The smallest absolute Gasteiger partial charge is 0.243 e. The number of piperidine rings is 2. The van der Waals surface area contributed by atoms with Crippen LogP contribution in [-0.4, -0.2) is 145 Å². The highest BCUT2D eigenvalue weighted by molar-refractivity contribution is 5.91. The summed E-state index contributed by atoms with van der Waals surface area (Å²) in [7, 11) is 1.90. The number of aryl methyl sites for hydroxylation is 1. The number of rotatable bonds is 20. The standard InChI is InChI=1S/C57H73N13O7/c1-35(2)54(57(74)70-34-41(71)28-49(70)56(73)63-36(3)38-9-11-39(12-10-38)48-14-20-62-67(48)4)51-32-52(66-77-51)69-25-15-37(16-26-69)33-68-23-17-42(18-24-68)75-43-29-44(30-43)76-53-27-40(13-19-61-53)59-21-22-60-47-31-46(64-65-55(47)58)45-7-5-6-8-50(45)72/h5-14,19-20,27,31-32,35-37,41-44,49,54,71-72H,15-18,21-26,28-30,33-34H2,1-4H3,(H2,58,65)(H,59,61)(H,60,64)(H,63,73)/t36-,41+,43-,44-,49-,54?/m0/s1. The Bertz CT molecular complexity index is 2930. The number of aromatic hydroxyl groups is 1. The van der Waals surface area contributed by atoms with Gasteiger partial charge in [-0.2, -0.15) is 5.10 Å². The summed E-state index contributed by atoms with van der Waals surface area (Å²) in [4.78, 5) is 39.0. The zero-order valence-corrected chi connectivity index (χ0v) is 44.5. The molecule has 0 spiro atoms. The number of aliphatic hydroxyl groups excluding tert-OH is 1. The van der Waals surface area contributed by atoms with Gasteiger partial charge in [-0.25, -0.2) is 4.98 Å². The third-order valence-electron chi connectivity index (χ3n) is 15.7. The predicted molar refractivity (Wildman–Crippen MR) is 293 cm³/mol. The van der Waals surface area contributed by atoms with Gasteiger partial charge in [0.05, 0.1) is 41.4 Å². The van der Waals surface area contributed by atoms with Gasteiger partial charge in [0, 0.05) is 114 Å². The van der Waals surface area contributed by atoms with Crippen LogP contribution in [0.3, 0.4) is 0 Å². The Labute approximate surface area is 449 Å². The van der Waals surface area contributed by atoms with Crippen LogP contribution >= 0.6 is 0 Å². The van der Waals surface area contributed by atoms with E-state index in [2.05, 4.69) is 51.2 Å². The van der Waals surface area contributed by atoms with Gasteiger partial charge in [-0.1, -0.05) is 55.4 Å². The second-order valence-electron chi connectivity index (χ2n) is 21.6. The van der Waals surface area contributed by atoms with Crippen LogP contribution in [-0.2, 0) is 21.4 Å². The van der Waals surface area contributed by atoms with Crippen molar-refractivity contribution in [2.75, 3.05) is 73.6 Å². The minimum Gasteiger partial charge on any atom is -0.507 e. The molecule has 1 unspecified atom stereocenters. The maximum Gasteiger partial charge on any atom is 0.243 e. The van der Waals surface area contributed by atoms with Crippen LogP contribution < -0.4 is 31.3 Å². The highest BCUT2D eigenvalue weighted by Gasteiger charge is 2.44. The number of hydrogen-bond acceptors (Lipinski definition) is 17. The molecule has 3 saturated heterocycles. The number of nitrogens with one attached hydrogen (secondary N) is 3. The van der Waals surface area contributed by atoms with Gasteiger partial charge in [0.1, 0.15) is 23.8 Å². The number of amides is 2. The van der Waals surface area contributed by atoms with Crippen molar-refractivity contribution < 1.29 is 33.8 Å². The van der Waals surface area contributed by atoms with Gasteiger partial charge in [0.25, 0.3) is 0 Å². The molecule has 10 rings (SSSR count). The number of anilines is 4. The minimum absolute atomic E-state index is 0.0699. The Morgan fingerprint density at radius 1 is 0.857 bits per heavy atom. The topological polar surface area (TPSA) is 247 Å². The highest BCUT2D eigenvalue weighted by Crippen LogP contribution is 2.36. The molecular formula is C57H73N13O7. The van der Waals surface area contributed by atoms with E-state index < -0.39 is 18.1 Å². The second-order valence-corrected chi connectivity index (χ2v) is 21.6. The molecule has 4 atom stereocenters. The fourth-order valence-corrected chi connectivity index (χ4v) is 11.2. The minimum atomic E-state index is -0.807. The zero-order chi connectivity index (χ0) is 53.6. The molecule has 2 amide bonds. The zero-order valence-electron chi connectivity index (χ0n) is 44.5. The number of carbonyl (C=O) groups is 2. The molecule has 7 N–H and O–H groups in total. The summed E-state index contributed by atoms with van der Waals surface area (Å²) in [6, 6.07) is 23.3. The van der Waals surface area contributed by atoms with Crippen molar-refractivity contribution in [2.45, 2.75) is 108 Å². The Hall–Kier alpha value is -7.29. The molecule has 20 heteroatoms. The van der Waals surface area contributed by atoms with E-state index in [9.17, 15) is 19.8 Å². The van der Waals surface area contributed by atoms with Crippen LogP contribution in [0, 0.1) is 11.8 Å². The van der Waals surface area contributed by atoms with E-state index in [4.69, 9.17) is 19.7 Å². The summed E-state index contributed by atoms with van der Waals surface area (Å²) in [5, 5.41) is 47.8. The Balaban J connectivity index is 0.619. The van der Waals surface area contributed by atoms with Crippen molar-refractivity contribution in [1.82, 2.24) is 45.2 Å². The molecule has 1 saturated carbocycles. The van der Waals surface area contributed by atoms with E-state index in [-0.39, 0.29) is 66.6 Å². The lowest BCUT2D eigenvalue weighted by Gasteiger charge is -2.41. The van der Waals surface area contributed by atoms with Crippen LogP contribution in [0.15, 0.2) is 95.8 Å². The van der Waals surface area contributed by atoms with E-state index in [1.54, 1.807) is 36.7 Å². The van der Waals surface area contributed by atoms with Crippen LogP contribution in [0.1, 0.15) is 89.0 Å². The van der Waals surface area contributed by atoms with Crippen molar-refractivity contribution in [3.8, 4) is 34.1 Å². The summed E-state index contributed by atoms with van der Waals surface area (Å²) in [5.41, 5.74) is 11.7. The number of aliphatic hydroxyl groups is 1. The molecule has 4 fully saturated rings. The predicted octanol–water partition coefficient (Wildman–Crippen LogP) is 6.63. The van der Waals surface area contributed by atoms with E-state index in [0.717, 1.165) is 99.6 Å². The molecule has 20 nitrogen and oxygen atoms in total. The van der Waals surface area contributed by atoms with Gasteiger partial charge >= 0.3 is 0 Å². The molecule has 1 aliphatic carbocycles. The number of likely N-dealkylation sites (tertiary alicyclic amines) is 2. The maximum absolute atomic E-state index is 14.4. The number of ether oxygens (including phenoxy) is 2. The van der Waals surface area contributed by atoms with Crippen molar-refractivity contribution in [3.05, 3.63) is 103 Å². The van der Waals surface area contributed by atoms with E-state index >= 15 is 0 Å². The molecule has 3 aliphatic heterocycles. The van der Waals surface area contributed by atoms with Crippen molar-refractivity contribution in [2.24, 2.45) is 18.9 Å². The number of pyridine rings is 1. The van der Waals surface area contributed by atoms with Crippen LogP contribution in [0.4, 0.5) is 23.0 Å². The third kappa shape index (κ3) is 12.8. The molecular weight excluding hydrogens is 979 g/mol. The summed E-state index contributed by atoms with van der Waals surface area (Å²) in [6.07, 6.45) is 9.21. The number of carbonyl (C=O) groups excluding carboxylic acids is 2. The molecule has 0 radical (unpaired) electrons. The van der Waals surface area contributed by atoms with E-state index in [1.807, 2.05) is 87.1 Å². The lowest BCUT2D eigenvalue weighted by molar-refractivity contribution is -0.141. The number of phenols is 1. The quantitative estimate of drug-likeness (QED) is 0.0440. The van der Waals surface area contributed by atoms with E-state index in [1.165, 1.54) is 4.90 Å². The Morgan fingerprint density at radius 2 is 1.62 bits per heavy atom. The molecule has 7 heterocycles. The number of hydrogen-bond donors (Lipinski definition) is 6. The lowest BCUT2D eigenvalue weighted by Crippen LogP contribution is -2.48. The number of nitrogens with two attached hydrogens (primary N) is 1. The largest absolute Gasteiger partial charge is 0.507 e. The third-order valence-corrected chi connectivity index (χ3v) is 15.7. The first-order valence-corrected chi connectivity index (χ1v) is 27.3. The monoisotopic (exact) mass is 1050 g/mol. The van der Waals surface area contributed by atoms with Crippen LogP contribution in [0.2, 0.25) is 0 Å². The molecule has 4 aromatic heterocycles. The van der Waals surface area contributed by atoms with Crippen molar-refractivity contribution >= 4 is 34.8 Å². The Kier molecular flexibility index (Phi) is 16.5. The fourth-order valence-electron chi connectivity index (χ4n) is 11.2. The first-order valence-electron chi connectivity index (χ1n) is 27.3. The number of nitrogen functional groups attached to an aromatic ring is 1. The number of nitrogens with zero attached hydrogens (tertiary/aromatic N) is 9. The summed E-state index contributed by atoms with van der Waals surface area (Å²) < 4.78 is 20.6. The number of β-amino-alcohol motifs (C(OH)–C–C–N with tert-alkyl or cyclic N) is 1. The fraction of sp³-hybridized carbons (Fsp3) is 0.491. The lowest BCUT2D eigenvalue weighted by atomic mass is 9.91. The summed E-state index contributed by atoms with van der Waals surface area (Å²) in [6.45, 7) is 11.9. The van der Waals surface area contributed by atoms with Crippen LogP contribution in [0.25, 0.3) is 22.5 Å². The molecule has 6 aromatic rings. The average molecular weight is 1050 g/mol. The van der Waals surface area contributed by atoms with Gasteiger partial charge < -0.3 is 60.6 Å². The molecule has 0 bridgehead atoms. The van der Waals surface area contributed by atoms with Gasteiger partial charge in [-0.05, 0) is 85.9 Å². The van der Waals surface area contributed by atoms with Gasteiger partial charge in [0.2, 0.25) is 17.7 Å². The Morgan fingerprint density at radius 3 is 2.36 bits per heavy atom. The van der Waals surface area contributed by atoms with Gasteiger partial charge in [-0.3, -0.25) is 14.3 Å². The first kappa shape index (κ1) is 53.1. The number of phenolic OH excluding ortho intramolecular Hbond substituents is 1. The number of benzene rings is 2. The van der Waals surface area contributed by atoms with Crippen LogP contribution in [0.5, 0.6) is 11.6 Å². The van der Waals surface area contributed by atoms with Gasteiger partial charge in [-0.15, -0.1) is 10.2 Å².